The lowest BCUT2D eigenvalue weighted by atomic mass is 9.93. The Bertz CT molecular complexity index is 564. The van der Waals surface area contributed by atoms with E-state index in [-0.39, 0.29) is 29.9 Å². The van der Waals surface area contributed by atoms with Gasteiger partial charge in [-0.1, -0.05) is 11.6 Å². The second-order valence-corrected chi connectivity index (χ2v) is 5.65. The molecular formula is C14H17ClN2O4. The topological polar surface area (TPSA) is 89.9 Å². The lowest BCUT2D eigenvalue weighted by molar-refractivity contribution is -0.121. The molecule has 0 aromatic heterocycles. The summed E-state index contributed by atoms with van der Waals surface area (Å²) in [6.07, 6.45) is 0.218. The molecule has 1 saturated heterocycles. The summed E-state index contributed by atoms with van der Waals surface area (Å²) >= 11 is 5.82. The molecule has 0 aliphatic carbocycles. The zero-order valence-electron chi connectivity index (χ0n) is 11.5. The molecule has 1 aliphatic heterocycles. The Morgan fingerprint density at radius 2 is 2.10 bits per heavy atom. The predicted octanol–water partition coefficient (Wildman–Crippen LogP) is 2.76. The molecule has 1 aromatic rings. The van der Waals surface area contributed by atoms with Crippen molar-refractivity contribution in [1.29, 1.82) is 0 Å². The maximum atomic E-state index is 12.2. The van der Waals surface area contributed by atoms with Crippen LogP contribution in [0.15, 0.2) is 18.2 Å². The standard InChI is InChI=1S/C14H17ClN2O4/c1-8-2-3-9(7-17(8)14(20)21)13(19)16-11-6-10(15)4-5-12(11)18/h4-6,8-9,18H,2-3,7H2,1H3,(H,16,19)(H,20,21). The number of phenolic OH excluding ortho intramolecular Hbond substituents is 1. The lowest BCUT2D eigenvalue weighted by Gasteiger charge is -2.35. The van der Waals surface area contributed by atoms with Crippen LogP contribution >= 0.6 is 11.6 Å². The van der Waals surface area contributed by atoms with Crippen molar-refractivity contribution in [3.8, 4) is 5.75 Å². The molecule has 2 unspecified atom stereocenters. The predicted molar refractivity (Wildman–Crippen MR) is 78.7 cm³/mol. The van der Waals surface area contributed by atoms with E-state index in [9.17, 15) is 14.7 Å². The van der Waals surface area contributed by atoms with Crippen molar-refractivity contribution >= 4 is 29.3 Å². The molecule has 0 spiro atoms. The summed E-state index contributed by atoms with van der Waals surface area (Å²) < 4.78 is 0. The number of piperidine rings is 1. The van der Waals surface area contributed by atoms with Crippen LogP contribution in [0.2, 0.25) is 5.02 Å². The molecule has 1 fully saturated rings. The summed E-state index contributed by atoms with van der Waals surface area (Å²) in [4.78, 5) is 24.6. The van der Waals surface area contributed by atoms with Gasteiger partial charge in [-0.15, -0.1) is 0 Å². The van der Waals surface area contributed by atoms with Crippen molar-refractivity contribution in [2.45, 2.75) is 25.8 Å². The van der Waals surface area contributed by atoms with Gasteiger partial charge < -0.3 is 20.4 Å². The minimum Gasteiger partial charge on any atom is -0.506 e. The number of carbonyl (C=O) groups is 2. The fraction of sp³-hybridized carbons (Fsp3) is 0.429. The quantitative estimate of drug-likeness (QED) is 0.732. The van der Waals surface area contributed by atoms with Gasteiger partial charge in [-0.3, -0.25) is 4.79 Å². The highest BCUT2D eigenvalue weighted by atomic mass is 35.5. The Morgan fingerprint density at radius 1 is 1.38 bits per heavy atom. The average Bonchev–Trinajstić information content (AvgIpc) is 2.43. The number of aromatic hydroxyl groups is 1. The van der Waals surface area contributed by atoms with E-state index in [1.54, 1.807) is 0 Å². The molecule has 3 N–H and O–H groups in total. The Kier molecular flexibility index (Phi) is 4.57. The molecule has 114 valence electrons. The van der Waals surface area contributed by atoms with E-state index in [4.69, 9.17) is 16.7 Å². The second-order valence-electron chi connectivity index (χ2n) is 5.21. The van der Waals surface area contributed by atoms with E-state index < -0.39 is 12.0 Å². The van der Waals surface area contributed by atoms with Crippen LogP contribution in [0.5, 0.6) is 5.75 Å². The van der Waals surface area contributed by atoms with E-state index in [0.29, 0.717) is 17.9 Å². The van der Waals surface area contributed by atoms with E-state index >= 15 is 0 Å². The molecule has 1 heterocycles. The first-order chi connectivity index (χ1) is 9.88. The first kappa shape index (κ1) is 15.4. The summed E-state index contributed by atoms with van der Waals surface area (Å²) in [6, 6.07) is 4.27. The van der Waals surface area contributed by atoms with Gasteiger partial charge in [0.1, 0.15) is 5.75 Å². The molecule has 2 rings (SSSR count). The zero-order valence-corrected chi connectivity index (χ0v) is 12.3. The molecule has 7 heteroatoms. The van der Waals surface area contributed by atoms with Gasteiger partial charge in [0.25, 0.3) is 0 Å². The highest BCUT2D eigenvalue weighted by Gasteiger charge is 2.32. The fourth-order valence-electron chi connectivity index (χ4n) is 2.43. The van der Waals surface area contributed by atoms with Gasteiger partial charge in [0.05, 0.1) is 11.6 Å². The van der Waals surface area contributed by atoms with Gasteiger partial charge in [-0.05, 0) is 38.0 Å². The van der Waals surface area contributed by atoms with Crippen LogP contribution in [0.4, 0.5) is 10.5 Å². The number of nitrogens with zero attached hydrogens (tertiary/aromatic N) is 1. The third-order valence-electron chi connectivity index (χ3n) is 3.72. The van der Waals surface area contributed by atoms with Crippen molar-refractivity contribution in [1.82, 2.24) is 4.90 Å². The second kappa shape index (κ2) is 6.22. The van der Waals surface area contributed by atoms with E-state index in [2.05, 4.69) is 5.32 Å². The molecule has 0 radical (unpaired) electrons. The molecule has 2 atom stereocenters. The SMILES string of the molecule is CC1CCC(C(=O)Nc2cc(Cl)ccc2O)CN1C(=O)O. The molecule has 0 bridgehead atoms. The van der Waals surface area contributed by atoms with Crippen LogP contribution in [0.25, 0.3) is 0 Å². The largest absolute Gasteiger partial charge is 0.506 e. The van der Waals surface area contributed by atoms with Gasteiger partial charge >= 0.3 is 6.09 Å². The number of hydrogen-bond donors (Lipinski definition) is 3. The van der Waals surface area contributed by atoms with Crippen molar-refractivity contribution in [3.63, 3.8) is 0 Å². The Labute approximate surface area is 127 Å². The average molecular weight is 313 g/mol. The maximum absolute atomic E-state index is 12.2. The van der Waals surface area contributed by atoms with Crippen LogP contribution in [0.3, 0.4) is 0 Å². The van der Waals surface area contributed by atoms with Crippen LogP contribution in [0, 0.1) is 5.92 Å². The summed E-state index contributed by atoms with van der Waals surface area (Å²) in [5.74, 6) is -0.826. The molecule has 21 heavy (non-hydrogen) atoms. The Balaban J connectivity index is 2.06. The number of anilines is 1. The van der Waals surface area contributed by atoms with Crippen molar-refractivity contribution < 1.29 is 19.8 Å². The first-order valence-electron chi connectivity index (χ1n) is 6.67. The number of rotatable bonds is 2. The van der Waals surface area contributed by atoms with E-state index in [0.717, 1.165) is 0 Å². The Hall–Kier alpha value is -1.95. The van der Waals surface area contributed by atoms with Gasteiger partial charge in [0.2, 0.25) is 5.91 Å². The summed E-state index contributed by atoms with van der Waals surface area (Å²) in [6.45, 7) is 1.98. The van der Waals surface area contributed by atoms with Gasteiger partial charge in [0, 0.05) is 17.6 Å². The number of halogens is 1. The molecule has 1 aromatic carbocycles. The molecular weight excluding hydrogens is 296 g/mol. The van der Waals surface area contributed by atoms with E-state index in [1.807, 2.05) is 6.92 Å². The molecule has 6 nitrogen and oxygen atoms in total. The van der Waals surface area contributed by atoms with Gasteiger partial charge in [-0.2, -0.15) is 0 Å². The molecule has 0 saturated carbocycles. The number of phenols is 1. The highest BCUT2D eigenvalue weighted by molar-refractivity contribution is 6.31. The molecule has 1 aliphatic rings. The monoisotopic (exact) mass is 312 g/mol. The normalized spacial score (nSPS) is 21.9. The number of carbonyl (C=O) groups excluding carboxylic acids is 1. The highest BCUT2D eigenvalue weighted by Crippen LogP contribution is 2.28. The van der Waals surface area contributed by atoms with E-state index in [1.165, 1.54) is 23.1 Å². The van der Waals surface area contributed by atoms with Crippen LogP contribution in [-0.4, -0.2) is 39.7 Å². The Morgan fingerprint density at radius 3 is 2.76 bits per heavy atom. The third kappa shape index (κ3) is 3.58. The van der Waals surface area contributed by atoms with Crippen molar-refractivity contribution in [2.75, 3.05) is 11.9 Å². The minimum atomic E-state index is -1.02. The number of nitrogens with one attached hydrogen (secondary N) is 1. The smallest absolute Gasteiger partial charge is 0.407 e. The lowest BCUT2D eigenvalue weighted by Crippen LogP contribution is -2.47. The van der Waals surface area contributed by atoms with Crippen molar-refractivity contribution in [2.24, 2.45) is 5.92 Å². The molecule has 2 amide bonds. The van der Waals surface area contributed by atoms with Gasteiger partial charge in [0.15, 0.2) is 0 Å². The van der Waals surface area contributed by atoms with Gasteiger partial charge in [-0.25, -0.2) is 4.79 Å². The number of carboxylic acid groups (broad SMARTS) is 1. The van der Waals surface area contributed by atoms with Crippen LogP contribution < -0.4 is 5.32 Å². The third-order valence-corrected chi connectivity index (χ3v) is 3.95. The number of amides is 2. The summed E-state index contributed by atoms with van der Waals surface area (Å²) in [5, 5.41) is 21.8. The fourth-order valence-corrected chi connectivity index (χ4v) is 2.60. The first-order valence-corrected chi connectivity index (χ1v) is 7.05. The zero-order chi connectivity index (χ0) is 15.6. The maximum Gasteiger partial charge on any atom is 0.407 e. The van der Waals surface area contributed by atoms with Crippen LogP contribution in [-0.2, 0) is 4.79 Å². The summed E-state index contributed by atoms with van der Waals surface area (Å²) in [7, 11) is 0. The number of benzene rings is 1. The number of hydrogen-bond acceptors (Lipinski definition) is 3. The van der Waals surface area contributed by atoms with Crippen molar-refractivity contribution in [3.05, 3.63) is 23.2 Å². The number of likely N-dealkylation sites (tertiary alicyclic amines) is 1. The summed E-state index contributed by atoms with van der Waals surface area (Å²) in [5.41, 5.74) is 0.230. The van der Waals surface area contributed by atoms with Crippen LogP contribution in [0.1, 0.15) is 19.8 Å². The minimum absolute atomic E-state index is 0.0768.